The Kier molecular flexibility index (Phi) is 7.51. The largest absolute Gasteiger partial charge is 0.459 e. The smallest absolute Gasteiger partial charge is 0.444 e. The first-order valence-corrected chi connectivity index (χ1v) is 8.52. The van der Waals surface area contributed by atoms with Crippen LogP contribution in [0.5, 0.6) is 0 Å². The number of hydrogen-bond donors (Lipinski definition) is 0. The molecule has 2 atom stereocenters. The van der Waals surface area contributed by atoms with Crippen LogP contribution in [0.25, 0.3) is 0 Å². The molecule has 16 heteroatoms. The maximum Gasteiger partial charge on any atom is 0.459 e. The summed E-state index contributed by atoms with van der Waals surface area (Å²) in [6.45, 7) is 3.18. The van der Waals surface area contributed by atoms with Crippen molar-refractivity contribution in [1.82, 2.24) is 4.90 Å². The van der Waals surface area contributed by atoms with Gasteiger partial charge in [-0.05, 0) is 31.4 Å². The molecule has 0 saturated heterocycles. The molecule has 1 aliphatic heterocycles. The monoisotopic (exact) mass is 483 g/mol. The normalized spacial score (nSPS) is 21.0. The summed E-state index contributed by atoms with van der Waals surface area (Å²) in [6, 6.07) is 0. The first kappa shape index (κ1) is 26.5. The SMILES string of the molecule is CC(C)(C)OC(=O)N1CC=C(OSC(F)(F)C(F)(OF)C(F)(F)C(F)(F)F)C(F)C1. The molecule has 0 aromatic rings. The van der Waals surface area contributed by atoms with Crippen LogP contribution in [0.15, 0.2) is 11.8 Å². The molecule has 0 aromatic heterocycles. The molecular weight excluding hydrogens is 468 g/mol. The Morgan fingerprint density at radius 1 is 1.10 bits per heavy atom. The molecule has 0 bridgehead atoms. The predicted molar refractivity (Wildman–Crippen MR) is 81.4 cm³/mol. The van der Waals surface area contributed by atoms with Gasteiger partial charge >= 0.3 is 29.3 Å². The minimum atomic E-state index is -7.00. The predicted octanol–water partition coefficient (Wildman–Crippen LogP) is 5.48. The maximum absolute atomic E-state index is 14.0. The highest BCUT2D eigenvalue weighted by atomic mass is 32.2. The van der Waals surface area contributed by atoms with Crippen LogP contribution in [0.3, 0.4) is 0 Å². The molecular formula is C14H15F10NO4S. The van der Waals surface area contributed by atoms with Crippen molar-refractivity contribution in [3.63, 3.8) is 0 Å². The molecule has 1 amide bonds. The number of ether oxygens (including phenoxy) is 1. The van der Waals surface area contributed by atoms with Gasteiger partial charge in [-0.1, -0.05) is 0 Å². The van der Waals surface area contributed by atoms with Crippen molar-refractivity contribution in [3.05, 3.63) is 11.8 Å². The summed E-state index contributed by atoms with van der Waals surface area (Å²) in [5.41, 5.74) is -0.957. The molecule has 0 spiro atoms. The van der Waals surface area contributed by atoms with Gasteiger partial charge in [-0.25, -0.2) is 9.18 Å². The Balaban J connectivity index is 2.93. The Morgan fingerprint density at radius 3 is 2.03 bits per heavy atom. The number of nitrogens with zero attached hydrogens (tertiary/aromatic N) is 1. The van der Waals surface area contributed by atoms with Gasteiger partial charge in [-0.15, -0.1) is 4.94 Å². The van der Waals surface area contributed by atoms with E-state index in [4.69, 9.17) is 4.74 Å². The van der Waals surface area contributed by atoms with Gasteiger partial charge in [0, 0.05) is 6.54 Å². The third-order valence-electron chi connectivity index (χ3n) is 3.34. The summed E-state index contributed by atoms with van der Waals surface area (Å²) in [7, 11) is 0. The first-order valence-electron chi connectivity index (χ1n) is 7.78. The second kappa shape index (κ2) is 8.51. The summed E-state index contributed by atoms with van der Waals surface area (Å²) in [5.74, 6) is -14.6. The zero-order chi connectivity index (χ0) is 23.8. The minimum absolute atomic E-state index is 0.490. The van der Waals surface area contributed by atoms with Crippen LogP contribution in [0.1, 0.15) is 20.8 Å². The Hall–Kier alpha value is -1.58. The number of carbonyl (C=O) groups is 1. The third kappa shape index (κ3) is 5.36. The fourth-order valence-corrected chi connectivity index (χ4v) is 2.50. The zero-order valence-electron chi connectivity index (χ0n) is 15.3. The number of carbonyl (C=O) groups excluding carboxylic acids is 1. The van der Waals surface area contributed by atoms with Crippen LogP contribution in [0.4, 0.5) is 48.8 Å². The zero-order valence-corrected chi connectivity index (χ0v) is 16.2. The second-order valence-electron chi connectivity index (χ2n) is 6.89. The molecule has 0 fully saturated rings. The molecule has 0 aliphatic carbocycles. The molecule has 1 rings (SSSR count). The van der Waals surface area contributed by atoms with E-state index in [1.807, 2.05) is 0 Å². The van der Waals surface area contributed by atoms with E-state index >= 15 is 0 Å². The molecule has 30 heavy (non-hydrogen) atoms. The number of alkyl halides is 9. The van der Waals surface area contributed by atoms with E-state index in [0.29, 0.717) is 6.08 Å². The lowest BCUT2D eigenvalue weighted by atomic mass is 10.1. The van der Waals surface area contributed by atoms with E-state index in [9.17, 15) is 48.8 Å². The first-order chi connectivity index (χ1) is 13.3. The minimum Gasteiger partial charge on any atom is -0.444 e. The van der Waals surface area contributed by atoms with E-state index in [0.717, 1.165) is 4.90 Å². The number of amides is 1. The van der Waals surface area contributed by atoms with E-state index in [1.165, 1.54) is 20.8 Å². The van der Waals surface area contributed by atoms with Crippen LogP contribution in [-0.4, -0.2) is 59.1 Å². The van der Waals surface area contributed by atoms with Gasteiger partial charge in [0.15, 0.2) is 6.17 Å². The van der Waals surface area contributed by atoms with Crippen molar-refractivity contribution < 1.29 is 62.7 Å². The number of rotatable bonds is 6. The van der Waals surface area contributed by atoms with Crippen LogP contribution < -0.4 is 0 Å². The molecule has 0 radical (unpaired) electrons. The fourth-order valence-electron chi connectivity index (χ4n) is 1.86. The highest BCUT2D eigenvalue weighted by Crippen LogP contribution is 2.57. The summed E-state index contributed by atoms with van der Waals surface area (Å²) >= 11 is -1.71. The number of halogens is 10. The van der Waals surface area contributed by atoms with Crippen molar-refractivity contribution >= 4 is 18.1 Å². The van der Waals surface area contributed by atoms with E-state index in [1.54, 1.807) is 4.94 Å². The van der Waals surface area contributed by atoms with E-state index in [-0.39, 0.29) is 0 Å². The quantitative estimate of drug-likeness (QED) is 0.370. The second-order valence-corrected chi connectivity index (χ2v) is 7.73. The van der Waals surface area contributed by atoms with Crippen LogP contribution in [-0.2, 0) is 13.9 Å². The average Bonchev–Trinajstić information content (AvgIpc) is 2.56. The highest BCUT2D eigenvalue weighted by Gasteiger charge is 2.84. The fraction of sp³-hybridized carbons (Fsp3) is 0.786. The highest BCUT2D eigenvalue weighted by molar-refractivity contribution is 7.95. The van der Waals surface area contributed by atoms with E-state index < -0.39 is 72.0 Å². The van der Waals surface area contributed by atoms with Gasteiger partial charge < -0.3 is 13.8 Å². The van der Waals surface area contributed by atoms with Crippen LogP contribution in [0.2, 0.25) is 0 Å². The third-order valence-corrected chi connectivity index (χ3v) is 4.08. The topological polar surface area (TPSA) is 48.0 Å². The lowest BCUT2D eigenvalue weighted by Gasteiger charge is -2.35. The molecule has 5 nitrogen and oxygen atoms in total. The summed E-state index contributed by atoms with van der Waals surface area (Å²) < 4.78 is 139. The van der Waals surface area contributed by atoms with Gasteiger partial charge in [0.05, 0.1) is 6.54 Å². The summed E-state index contributed by atoms with van der Waals surface area (Å²) in [4.78, 5) is 14.2. The maximum atomic E-state index is 14.0. The lowest BCUT2D eigenvalue weighted by Crippen LogP contribution is -2.63. The van der Waals surface area contributed by atoms with Crippen LogP contribution >= 0.6 is 12.0 Å². The van der Waals surface area contributed by atoms with Gasteiger partial charge in [0.25, 0.3) is 0 Å². The van der Waals surface area contributed by atoms with Crippen molar-refractivity contribution in [2.75, 3.05) is 13.1 Å². The molecule has 176 valence electrons. The van der Waals surface area contributed by atoms with Gasteiger partial charge in [0.2, 0.25) is 0 Å². The van der Waals surface area contributed by atoms with Crippen LogP contribution in [0, 0.1) is 0 Å². The van der Waals surface area contributed by atoms with Gasteiger partial charge in [0.1, 0.15) is 23.4 Å². The van der Waals surface area contributed by atoms with Crippen molar-refractivity contribution in [1.29, 1.82) is 0 Å². The summed E-state index contributed by atoms with van der Waals surface area (Å²) in [6.07, 6.45) is -9.67. The van der Waals surface area contributed by atoms with Crippen molar-refractivity contribution in [2.45, 2.75) is 55.8 Å². The lowest BCUT2D eigenvalue weighted by molar-refractivity contribution is -0.458. The molecule has 0 saturated carbocycles. The Bertz CT molecular complexity index is 666. The summed E-state index contributed by atoms with van der Waals surface area (Å²) in [5, 5.41) is -6.00. The van der Waals surface area contributed by atoms with Crippen molar-refractivity contribution in [2.24, 2.45) is 0 Å². The molecule has 0 N–H and O–H groups in total. The van der Waals surface area contributed by atoms with Gasteiger partial charge in [-0.3, -0.25) is 0 Å². The van der Waals surface area contributed by atoms with Gasteiger partial charge in [-0.2, -0.15) is 35.1 Å². The van der Waals surface area contributed by atoms with Crippen molar-refractivity contribution in [3.8, 4) is 0 Å². The molecule has 0 aromatic carbocycles. The number of hydrogen-bond acceptors (Lipinski definition) is 5. The van der Waals surface area contributed by atoms with E-state index in [2.05, 4.69) is 4.18 Å². The average molecular weight is 483 g/mol. The molecule has 1 aliphatic rings. The standard InChI is InChI=1S/C14H15F10NO4S/c1-10(2,3)27-9(26)25-5-4-8(7(15)6-25)28-30-14(22,23)12(18,29-24)11(16,17)13(19,20)21/h4,7H,5-6H2,1-3H3. The molecule has 1 heterocycles. The Morgan fingerprint density at radius 2 is 1.63 bits per heavy atom. The Labute approximate surface area is 167 Å². The molecule has 2 unspecified atom stereocenters.